The van der Waals surface area contributed by atoms with Crippen molar-refractivity contribution in [1.82, 2.24) is 30.1 Å². The molecule has 1 aliphatic rings. The third-order valence-corrected chi connectivity index (χ3v) is 4.55. The number of rotatable bonds is 4. The monoisotopic (exact) mass is 351 g/mol. The fourth-order valence-corrected chi connectivity index (χ4v) is 3.15. The minimum atomic E-state index is -0.276. The third kappa shape index (κ3) is 3.36. The summed E-state index contributed by atoms with van der Waals surface area (Å²) >= 11 is 0. The van der Waals surface area contributed by atoms with Gasteiger partial charge in [0.2, 0.25) is 0 Å². The number of nitrogens with zero attached hydrogens (tertiary/aromatic N) is 5. The summed E-state index contributed by atoms with van der Waals surface area (Å²) < 4.78 is 3.55. The maximum Gasteiger partial charge on any atom is 0.277 e. The average Bonchev–Trinajstić information content (AvgIpc) is 3.32. The first-order valence-electron chi connectivity index (χ1n) is 8.76. The van der Waals surface area contributed by atoms with Crippen LogP contribution in [0.15, 0.2) is 42.7 Å². The number of aromatic nitrogens is 5. The van der Waals surface area contributed by atoms with Gasteiger partial charge < -0.3 is 10.6 Å². The van der Waals surface area contributed by atoms with Gasteiger partial charge in [-0.1, -0.05) is 17.3 Å². The van der Waals surface area contributed by atoms with Crippen LogP contribution in [0.4, 0.5) is 5.69 Å². The molecule has 2 aromatic heterocycles. The van der Waals surface area contributed by atoms with Gasteiger partial charge in [0.15, 0.2) is 5.69 Å². The van der Waals surface area contributed by atoms with Crippen molar-refractivity contribution < 1.29 is 4.79 Å². The van der Waals surface area contributed by atoms with E-state index in [1.54, 1.807) is 15.6 Å². The van der Waals surface area contributed by atoms with E-state index in [0.29, 0.717) is 17.4 Å². The lowest BCUT2D eigenvalue weighted by Gasteiger charge is -2.22. The molecule has 0 saturated carbocycles. The molecule has 2 N–H and O–H groups in total. The number of piperidine rings is 1. The van der Waals surface area contributed by atoms with Crippen LogP contribution in [-0.4, -0.2) is 43.8 Å². The Hall–Kier alpha value is -3.00. The van der Waals surface area contributed by atoms with E-state index in [0.717, 1.165) is 37.3 Å². The van der Waals surface area contributed by atoms with Gasteiger partial charge in [-0.25, -0.2) is 9.36 Å². The van der Waals surface area contributed by atoms with E-state index in [1.807, 2.05) is 43.5 Å². The Morgan fingerprint density at radius 2 is 2.04 bits per heavy atom. The van der Waals surface area contributed by atoms with E-state index >= 15 is 0 Å². The smallest absolute Gasteiger partial charge is 0.277 e. The van der Waals surface area contributed by atoms with Crippen LogP contribution in [0.25, 0.3) is 5.69 Å². The van der Waals surface area contributed by atoms with Crippen molar-refractivity contribution in [2.24, 2.45) is 0 Å². The summed E-state index contributed by atoms with van der Waals surface area (Å²) in [7, 11) is 0. The summed E-state index contributed by atoms with van der Waals surface area (Å²) in [5.74, 6) is -0.276. The molecule has 134 valence electrons. The molecule has 1 fully saturated rings. The second-order valence-corrected chi connectivity index (χ2v) is 6.44. The molecule has 3 aromatic rings. The van der Waals surface area contributed by atoms with E-state index < -0.39 is 0 Å². The fourth-order valence-electron chi connectivity index (χ4n) is 3.15. The standard InChI is InChI=1S/C18H21N7O/c1-13-8-11-24(22-13)17-5-3-2-4-15(17)20-18(26)16-12-25(23-21-16)14-6-9-19-10-7-14/h2-5,8,11-12,14,19H,6-7,9-10H2,1H3,(H,20,26). The lowest BCUT2D eigenvalue weighted by molar-refractivity contribution is 0.102. The number of nitrogens with one attached hydrogen (secondary N) is 2. The van der Waals surface area contributed by atoms with Gasteiger partial charge in [-0.05, 0) is 51.1 Å². The number of hydrogen-bond donors (Lipinski definition) is 2. The van der Waals surface area contributed by atoms with Crippen LogP contribution < -0.4 is 10.6 Å². The highest BCUT2D eigenvalue weighted by atomic mass is 16.2. The van der Waals surface area contributed by atoms with E-state index in [4.69, 9.17) is 0 Å². The predicted molar refractivity (Wildman–Crippen MR) is 97.4 cm³/mol. The largest absolute Gasteiger partial charge is 0.319 e. The fraction of sp³-hybridized carbons (Fsp3) is 0.333. The number of carbonyl (C=O) groups excluding carboxylic acids is 1. The zero-order valence-electron chi connectivity index (χ0n) is 14.6. The first-order valence-corrected chi connectivity index (χ1v) is 8.76. The quantitative estimate of drug-likeness (QED) is 0.750. The molecule has 1 aromatic carbocycles. The Balaban J connectivity index is 1.53. The summed E-state index contributed by atoms with van der Waals surface area (Å²) in [5, 5.41) is 18.9. The maximum absolute atomic E-state index is 12.6. The Morgan fingerprint density at radius 1 is 1.23 bits per heavy atom. The average molecular weight is 351 g/mol. The summed E-state index contributed by atoms with van der Waals surface area (Å²) in [5.41, 5.74) is 2.71. The maximum atomic E-state index is 12.6. The molecule has 1 amide bonds. The summed E-state index contributed by atoms with van der Waals surface area (Å²) in [4.78, 5) is 12.6. The molecule has 0 spiro atoms. The number of carbonyl (C=O) groups is 1. The highest BCUT2D eigenvalue weighted by molar-refractivity contribution is 6.03. The molecular weight excluding hydrogens is 330 g/mol. The highest BCUT2D eigenvalue weighted by Gasteiger charge is 2.19. The van der Waals surface area contributed by atoms with Crippen molar-refractivity contribution in [3.8, 4) is 5.69 Å². The first kappa shape index (κ1) is 16.5. The summed E-state index contributed by atoms with van der Waals surface area (Å²) in [6.07, 6.45) is 5.58. The van der Waals surface area contributed by atoms with Gasteiger partial charge in [0, 0.05) is 6.20 Å². The van der Waals surface area contributed by atoms with Gasteiger partial charge >= 0.3 is 0 Å². The molecule has 1 aliphatic heterocycles. The minimum absolute atomic E-state index is 0.276. The van der Waals surface area contributed by atoms with Gasteiger partial charge in [0.1, 0.15) is 0 Å². The lowest BCUT2D eigenvalue weighted by atomic mass is 10.1. The minimum Gasteiger partial charge on any atom is -0.319 e. The normalized spacial score (nSPS) is 15.1. The van der Waals surface area contributed by atoms with Gasteiger partial charge in [0.05, 0.1) is 29.3 Å². The Kier molecular flexibility index (Phi) is 4.49. The van der Waals surface area contributed by atoms with Crippen LogP contribution >= 0.6 is 0 Å². The van der Waals surface area contributed by atoms with Gasteiger partial charge in [0.25, 0.3) is 5.91 Å². The van der Waals surface area contributed by atoms with Crippen LogP contribution in [0, 0.1) is 6.92 Å². The molecule has 0 aliphatic carbocycles. The van der Waals surface area contributed by atoms with Crippen LogP contribution in [0.3, 0.4) is 0 Å². The van der Waals surface area contributed by atoms with E-state index in [1.165, 1.54) is 0 Å². The Bertz CT molecular complexity index is 908. The SMILES string of the molecule is Cc1ccn(-c2ccccc2NC(=O)c2cn(C3CCNCC3)nn2)n1. The summed E-state index contributed by atoms with van der Waals surface area (Å²) in [6, 6.07) is 9.76. The number of hydrogen-bond acceptors (Lipinski definition) is 5. The molecule has 0 bridgehead atoms. The summed E-state index contributed by atoms with van der Waals surface area (Å²) in [6.45, 7) is 3.85. The molecule has 0 radical (unpaired) electrons. The van der Waals surface area contributed by atoms with Crippen molar-refractivity contribution in [1.29, 1.82) is 0 Å². The third-order valence-electron chi connectivity index (χ3n) is 4.55. The van der Waals surface area contributed by atoms with Crippen molar-refractivity contribution in [3.63, 3.8) is 0 Å². The molecule has 26 heavy (non-hydrogen) atoms. The van der Waals surface area contributed by atoms with Crippen molar-refractivity contribution in [2.45, 2.75) is 25.8 Å². The first-order chi connectivity index (χ1) is 12.7. The molecule has 4 rings (SSSR count). The molecule has 3 heterocycles. The van der Waals surface area contributed by atoms with Crippen molar-refractivity contribution >= 4 is 11.6 Å². The molecular formula is C18H21N7O. The predicted octanol–water partition coefficient (Wildman–Crippen LogP) is 1.95. The van der Waals surface area contributed by atoms with Crippen LogP contribution in [0.2, 0.25) is 0 Å². The zero-order valence-corrected chi connectivity index (χ0v) is 14.6. The van der Waals surface area contributed by atoms with E-state index in [2.05, 4.69) is 26.0 Å². The van der Waals surface area contributed by atoms with Crippen LogP contribution in [0.1, 0.15) is 35.1 Å². The molecule has 0 unspecified atom stereocenters. The Morgan fingerprint density at radius 3 is 2.81 bits per heavy atom. The molecule has 8 heteroatoms. The van der Waals surface area contributed by atoms with Crippen LogP contribution in [0.5, 0.6) is 0 Å². The Labute approximate surface area is 151 Å². The zero-order chi connectivity index (χ0) is 17.9. The topological polar surface area (TPSA) is 89.7 Å². The van der Waals surface area contributed by atoms with E-state index in [-0.39, 0.29) is 5.91 Å². The second kappa shape index (κ2) is 7.09. The number of amides is 1. The number of benzene rings is 1. The number of aryl methyl sites for hydroxylation is 1. The van der Waals surface area contributed by atoms with Gasteiger partial charge in [-0.15, -0.1) is 5.10 Å². The number of anilines is 1. The highest BCUT2D eigenvalue weighted by Crippen LogP contribution is 2.21. The molecule has 8 nitrogen and oxygen atoms in total. The van der Waals surface area contributed by atoms with Crippen molar-refractivity contribution in [2.75, 3.05) is 18.4 Å². The molecule has 1 saturated heterocycles. The molecule has 0 atom stereocenters. The van der Waals surface area contributed by atoms with Gasteiger partial charge in [-0.3, -0.25) is 4.79 Å². The second-order valence-electron chi connectivity index (χ2n) is 6.44. The van der Waals surface area contributed by atoms with Crippen LogP contribution in [-0.2, 0) is 0 Å². The van der Waals surface area contributed by atoms with E-state index in [9.17, 15) is 4.79 Å². The van der Waals surface area contributed by atoms with Crippen molar-refractivity contribution in [3.05, 3.63) is 54.1 Å². The van der Waals surface area contributed by atoms with Gasteiger partial charge in [-0.2, -0.15) is 5.10 Å². The lowest BCUT2D eigenvalue weighted by Crippen LogP contribution is -2.29. The number of para-hydroxylation sites is 2.